The maximum absolute atomic E-state index is 12.0. The van der Waals surface area contributed by atoms with E-state index in [1.165, 1.54) is 0 Å². The van der Waals surface area contributed by atoms with E-state index in [0.29, 0.717) is 34.6 Å². The summed E-state index contributed by atoms with van der Waals surface area (Å²) < 4.78 is 0. The monoisotopic (exact) mass is 364 g/mol. The van der Waals surface area contributed by atoms with Crippen molar-refractivity contribution in [2.75, 3.05) is 13.6 Å². The van der Waals surface area contributed by atoms with Crippen LogP contribution in [0.3, 0.4) is 0 Å². The van der Waals surface area contributed by atoms with E-state index >= 15 is 0 Å². The molecule has 0 atom stereocenters. The number of rotatable bonds is 2. The zero-order chi connectivity index (χ0) is 18.3. The maximum Gasteiger partial charge on any atom is 0.336 e. The van der Waals surface area contributed by atoms with Crippen LogP contribution in [0.25, 0.3) is 22.6 Å². The van der Waals surface area contributed by atoms with Crippen molar-refractivity contribution in [3.05, 3.63) is 75.9 Å². The van der Waals surface area contributed by atoms with Crippen LogP contribution in [-0.4, -0.2) is 34.6 Å². The zero-order valence-corrected chi connectivity index (χ0v) is 15.0. The number of carboxylic acids is 1. The Morgan fingerprint density at radius 1 is 1.15 bits per heavy atom. The predicted octanol–water partition coefficient (Wildman–Crippen LogP) is 4.57. The molecule has 4 rings (SSSR count). The maximum atomic E-state index is 12.0. The summed E-state index contributed by atoms with van der Waals surface area (Å²) in [5.74, 6) is -0.916. The molecule has 0 spiro atoms. The van der Waals surface area contributed by atoms with Gasteiger partial charge in [0.15, 0.2) is 0 Å². The molecule has 5 heteroatoms. The summed E-state index contributed by atoms with van der Waals surface area (Å²) >= 11 is 5.97. The number of carbonyl (C=O) groups is 1. The molecule has 0 saturated carbocycles. The van der Waals surface area contributed by atoms with Crippen molar-refractivity contribution in [1.29, 1.82) is 0 Å². The van der Waals surface area contributed by atoms with E-state index in [0.717, 1.165) is 22.4 Å². The summed E-state index contributed by atoms with van der Waals surface area (Å²) in [4.78, 5) is 18.9. The molecule has 3 aromatic rings. The number of likely N-dealkylation sites (N-methyl/N-ethyl adjacent to an activating group) is 1. The fourth-order valence-corrected chi connectivity index (χ4v) is 3.61. The summed E-state index contributed by atoms with van der Waals surface area (Å²) in [6.45, 7) is 1.27. The first kappa shape index (κ1) is 16.8. The fourth-order valence-electron chi connectivity index (χ4n) is 3.48. The summed E-state index contributed by atoms with van der Waals surface area (Å²) in [7, 11) is 1.99. The van der Waals surface area contributed by atoms with E-state index in [-0.39, 0.29) is 0 Å². The van der Waals surface area contributed by atoms with Crippen LogP contribution in [0.5, 0.6) is 0 Å². The van der Waals surface area contributed by atoms with Gasteiger partial charge in [0.25, 0.3) is 0 Å². The summed E-state index contributed by atoms with van der Waals surface area (Å²) in [5, 5.41) is 11.2. The lowest BCUT2D eigenvalue weighted by Crippen LogP contribution is -2.28. The van der Waals surface area contributed by atoms with Crippen LogP contribution >= 0.6 is 11.6 Å². The molecule has 0 fully saturated rings. The van der Waals surface area contributed by atoms with Crippen LogP contribution in [-0.2, 0) is 6.54 Å². The minimum absolute atomic E-state index is 0.346. The highest BCUT2D eigenvalue weighted by atomic mass is 35.5. The Labute approximate surface area is 156 Å². The molecule has 0 radical (unpaired) electrons. The van der Waals surface area contributed by atoms with Gasteiger partial charge < -0.3 is 5.11 Å². The van der Waals surface area contributed by atoms with E-state index in [1.54, 1.807) is 0 Å². The average Bonchev–Trinajstić information content (AvgIpc) is 2.61. The molecule has 0 saturated heterocycles. The van der Waals surface area contributed by atoms with Crippen molar-refractivity contribution >= 4 is 40.1 Å². The Hall–Kier alpha value is -2.69. The number of halogens is 1. The van der Waals surface area contributed by atoms with Crippen LogP contribution < -0.4 is 0 Å². The molecule has 26 heavy (non-hydrogen) atoms. The third-order valence-electron chi connectivity index (χ3n) is 4.59. The van der Waals surface area contributed by atoms with E-state index in [9.17, 15) is 9.90 Å². The summed E-state index contributed by atoms with van der Waals surface area (Å²) in [6.07, 6.45) is 2.05. The Bertz CT molecular complexity index is 1040. The normalized spacial score (nSPS) is 16.0. The molecule has 4 nitrogen and oxygen atoms in total. The molecule has 0 amide bonds. The van der Waals surface area contributed by atoms with E-state index < -0.39 is 5.97 Å². The highest BCUT2D eigenvalue weighted by molar-refractivity contribution is 6.30. The van der Waals surface area contributed by atoms with Gasteiger partial charge in [-0.2, -0.15) is 0 Å². The molecule has 2 heterocycles. The number of hydrogen-bond acceptors (Lipinski definition) is 3. The Morgan fingerprint density at radius 3 is 2.62 bits per heavy atom. The number of pyridine rings is 1. The minimum atomic E-state index is -0.916. The quantitative estimate of drug-likeness (QED) is 0.723. The lowest BCUT2D eigenvalue weighted by molar-refractivity contribution is 0.0696. The molecule has 0 unspecified atom stereocenters. The van der Waals surface area contributed by atoms with E-state index in [2.05, 4.69) is 11.0 Å². The lowest BCUT2D eigenvalue weighted by Gasteiger charge is -2.28. The Balaban J connectivity index is 1.97. The Kier molecular flexibility index (Phi) is 4.23. The summed E-state index contributed by atoms with van der Waals surface area (Å²) in [6, 6.07) is 15.0. The molecular formula is C21H17ClN2O2. The van der Waals surface area contributed by atoms with Gasteiger partial charge in [-0.05, 0) is 42.5 Å². The molecule has 1 aliphatic heterocycles. The molecule has 2 aromatic carbocycles. The third-order valence-corrected chi connectivity index (χ3v) is 4.84. The van der Waals surface area contributed by atoms with Gasteiger partial charge in [0.1, 0.15) is 0 Å². The highest BCUT2D eigenvalue weighted by Crippen LogP contribution is 2.33. The van der Waals surface area contributed by atoms with Crippen molar-refractivity contribution < 1.29 is 9.90 Å². The first-order valence-electron chi connectivity index (χ1n) is 8.33. The van der Waals surface area contributed by atoms with Crippen molar-refractivity contribution in [3.63, 3.8) is 0 Å². The predicted molar refractivity (Wildman–Crippen MR) is 104 cm³/mol. The molecule has 0 bridgehead atoms. The molecule has 0 aliphatic carbocycles. The lowest BCUT2D eigenvalue weighted by atomic mass is 9.92. The van der Waals surface area contributed by atoms with Crippen LogP contribution in [0.1, 0.15) is 27.2 Å². The van der Waals surface area contributed by atoms with Crippen LogP contribution in [0, 0.1) is 0 Å². The van der Waals surface area contributed by atoms with Gasteiger partial charge in [0, 0.05) is 29.1 Å². The smallest absolute Gasteiger partial charge is 0.336 e. The molecule has 1 aliphatic rings. The number of nitrogens with zero attached hydrogens (tertiary/aromatic N) is 2. The fraction of sp³-hybridized carbons (Fsp3) is 0.143. The summed E-state index contributed by atoms with van der Waals surface area (Å²) in [5.41, 5.74) is 4.61. The van der Waals surface area contributed by atoms with Crippen molar-refractivity contribution in [3.8, 4) is 0 Å². The van der Waals surface area contributed by atoms with Gasteiger partial charge >= 0.3 is 5.97 Å². The van der Waals surface area contributed by atoms with Crippen LogP contribution in [0.15, 0.2) is 48.5 Å². The number of hydrogen-bond donors (Lipinski definition) is 1. The van der Waals surface area contributed by atoms with Crippen molar-refractivity contribution in [2.45, 2.75) is 6.54 Å². The molecule has 1 N–H and O–H groups in total. The second kappa shape index (κ2) is 6.56. The van der Waals surface area contributed by atoms with Gasteiger partial charge in [-0.1, -0.05) is 41.9 Å². The largest absolute Gasteiger partial charge is 0.478 e. The topological polar surface area (TPSA) is 53.4 Å². The van der Waals surface area contributed by atoms with Crippen molar-refractivity contribution in [2.24, 2.45) is 0 Å². The molecule has 130 valence electrons. The van der Waals surface area contributed by atoms with Crippen molar-refractivity contribution in [1.82, 2.24) is 9.88 Å². The number of fused-ring (bicyclic) bond motifs is 2. The van der Waals surface area contributed by atoms with Crippen LogP contribution in [0.2, 0.25) is 5.02 Å². The molecule has 1 aromatic heterocycles. The highest BCUT2D eigenvalue weighted by Gasteiger charge is 2.26. The zero-order valence-electron chi connectivity index (χ0n) is 14.2. The minimum Gasteiger partial charge on any atom is -0.478 e. The number of benzene rings is 2. The standard InChI is InChI=1S/C21H17ClN2O2/c1-24-11-14(10-13-6-8-15(22)9-7-13)20-17(12-24)19(21(25)26)16-4-2-3-5-18(16)23-20/h2-10H,11-12H2,1H3,(H,25,26)/b14-10-. The number of para-hydroxylation sites is 1. The number of aromatic nitrogens is 1. The van der Waals surface area contributed by atoms with Gasteiger partial charge in [0.2, 0.25) is 0 Å². The Morgan fingerprint density at radius 2 is 1.88 bits per heavy atom. The number of carboxylic acid groups (broad SMARTS) is 1. The second-order valence-corrected chi connectivity index (χ2v) is 6.97. The molecular weight excluding hydrogens is 348 g/mol. The van der Waals surface area contributed by atoms with Gasteiger partial charge in [-0.3, -0.25) is 4.90 Å². The van der Waals surface area contributed by atoms with Crippen LogP contribution in [0.4, 0.5) is 0 Å². The van der Waals surface area contributed by atoms with E-state index in [1.807, 2.05) is 55.6 Å². The second-order valence-electron chi connectivity index (χ2n) is 6.53. The van der Waals surface area contributed by atoms with Gasteiger partial charge in [-0.15, -0.1) is 0 Å². The first-order chi connectivity index (χ1) is 12.5. The first-order valence-corrected chi connectivity index (χ1v) is 8.70. The van der Waals surface area contributed by atoms with E-state index in [4.69, 9.17) is 16.6 Å². The number of aromatic carboxylic acids is 1. The average molecular weight is 365 g/mol. The SMILES string of the molecule is CN1C/C(=C/c2ccc(Cl)cc2)c2nc3ccccc3c(C(=O)O)c2C1. The third kappa shape index (κ3) is 2.98. The van der Waals surface area contributed by atoms with Gasteiger partial charge in [0.05, 0.1) is 16.8 Å². The van der Waals surface area contributed by atoms with Gasteiger partial charge in [-0.25, -0.2) is 9.78 Å².